The minimum absolute atomic E-state index is 0.0870. The molecule has 8 nitrogen and oxygen atoms in total. The zero-order valence-corrected chi connectivity index (χ0v) is 20.1. The van der Waals surface area contributed by atoms with E-state index in [4.69, 9.17) is 0 Å². The molecular formula is C29H23N5O3. The Morgan fingerprint density at radius 1 is 1.05 bits per heavy atom. The second kappa shape index (κ2) is 8.60. The van der Waals surface area contributed by atoms with Gasteiger partial charge in [-0.05, 0) is 42.8 Å². The van der Waals surface area contributed by atoms with Crippen LogP contribution in [0.2, 0.25) is 0 Å². The van der Waals surface area contributed by atoms with Crippen LogP contribution in [0, 0.1) is 6.92 Å². The van der Waals surface area contributed by atoms with Crippen LogP contribution in [-0.2, 0) is 16.1 Å². The summed E-state index contributed by atoms with van der Waals surface area (Å²) in [5.41, 5.74) is 5.78. The topological polar surface area (TPSA) is 102 Å². The fourth-order valence-electron chi connectivity index (χ4n) is 4.77. The molecule has 1 aliphatic rings. The number of piperidine rings is 1. The van der Waals surface area contributed by atoms with E-state index in [1.54, 1.807) is 6.08 Å². The molecule has 0 atom stereocenters. The Hall–Kier alpha value is -4.98. The molecule has 0 saturated carbocycles. The molecule has 0 aliphatic carbocycles. The lowest BCUT2D eigenvalue weighted by Crippen LogP contribution is -2.34. The first kappa shape index (κ1) is 22.5. The number of allylic oxidation sites excluding steroid dienone is 1. The number of nitrogens with one attached hydrogen (secondary N) is 1. The Labute approximate surface area is 212 Å². The average Bonchev–Trinajstić information content (AvgIpc) is 3.45. The van der Waals surface area contributed by atoms with E-state index in [9.17, 15) is 14.7 Å². The summed E-state index contributed by atoms with van der Waals surface area (Å²) in [7, 11) is 0. The summed E-state index contributed by atoms with van der Waals surface area (Å²) in [5, 5.41) is 23.8. The molecule has 3 aromatic carbocycles. The standard InChI is InChI=1S/C29H23N5O3/c1-17-11-20(28(36)26(12-17)34-31-23-8-4-5-9-24(23)32-34)16-33-15-19(21-7-3-6-10-25(21)33)14-22-27(35)13-18(2)30-29(22)37/h3-12,14-15,36H,2,13,16H2,1H3,(H,30,37)/b22-14+. The maximum Gasteiger partial charge on any atom is 0.259 e. The van der Waals surface area contributed by atoms with Gasteiger partial charge in [-0.1, -0.05) is 43.0 Å². The maximum absolute atomic E-state index is 12.5. The highest BCUT2D eigenvalue weighted by Crippen LogP contribution is 2.31. The summed E-state index contributed by atoms with van der Waals surface area (Å²) in [5.74, 6) is -0.618. The van der Waals surface area contributed by atoms with Gasteiger partial charge in [0.05, 0.1) is 18.5 Å². The van der Waals surface area contributed by atoms with Gasteiger partial charge in [-0.2, -0.15) is 0 Å². The Morgan fingerprint density at radius 2 is 1.76 bits per heavy atom. The van der Waals surface area contributed by atoms with E-state index in [0.29, 0.717) is 23.5 Å². The first-order valence-corrected chi connectivity index (χ1v) is 11.8. The van der Waals surface area contributed by atoms with Gasteiger partial charge >= 0.3 is 0 Å². The number of para-hydroxylation sites is 1. The van der Waals surface area contributed by atoms with E-state index >= 15 is 0 Å². The van der Waals surface area contributed by atoms with Crippen molar-refractivity contribution in [1.82, 2.24) is 24.9 Å². The molecule has 2 N–H and O–H groups in total. The zero-order valence-electron chi connectivity index (χ0n) is 20.1. The predicted molar refractivity (Wildman–Crippen MR) is 141 cm³/mol. The highest BCUT2D eigenvalue weighted by molar-refractivity contribution is 6.25. The number of carbonyl (C=O) groups is 2. The molecule has 0 spiro atoms. The van der Waals surface area contributed by atoms with Crippen LogP contribution in [0.5, 0.6) is 5.75 Å². The molecule has 37 heavy (non-hydrogen) atoms. The molecule has 182 valence electrons. The number of carbonyl (C=O) groups excluding carboxylic acids is 2. The number of hydrogen-bond acceptors (Lipinski definition) is 5. The highest BCUT2D eigenvalue weighted by atomic mass is 16.3. The molecule has 5 aromatic rings. The lowest BCUT2D eigenvalue weighted by Gasteiger charge is -2.15. The van der Waals surface area contributed by atoms with Gasteiger partial charge < -0.3 is 15.0 Å². The van der Waals surface area contributed by atoms with Crippen molar-refractivity contribution in [2.24, 2.45) is 0 Å². The van der Waals surface area contributed by atoms with Crippen LogP contribution in [0.25, 0.3) is 33.7 Å². The second-order valence-corrected chi connectivity index (χ2v) is 9.22. The molecule has 1 fully saturated rings. The lowest BCUT2D eigenvalue weighted by atomic mass is 9.99. The van der Waals surface area contributed by atoms with E-state index in [-0.39, 0.29) is 23.5 Å². The quantitative estimate of drug-likeness (QED) is 0.287. The zero-order chi connectivity index (χ0) is 25.7. The second-order valence-electron chi connectivity index (χ2n) is 9.22. The molecule has 0 radical (unpaired) electrons. The normalized spacial score (nSPS) is 15.2. The Balaban J connectivity index is 1.43. The number of amides is 1. The van der Waals surface area contributed by atoms with Gasteiger partial charge in [0.25, 0.3) is 5.91 Å². The molecule has 0 unspecified atom stereocenters. The first-order chi connectivity index (χ1) is 17.9. The number of aryl methyl sites for hydroxylation is 1. The van der Waals surface area contributed by atoms with Crippen LogP contribution in [0.4, 0.5) is 0 Å². The summed E-state index contributed by atoms with van der Waals surface area (Å²) >= 11 is 0. The van der Waals surface area contributed by atoms with E-state index < -0.39 is 5.91 Å². The summed E-state index contributed by atoms with van der Waals surface area (Å²) in [6.45, 7) is 6.02. The average molecular weight is 490 g/mol. The van der Waals surface area contributed by atoms with Gasteiger partial charge in [0, 0.05) is 33.9 Å². The Morgan fingerprint density at radius 3 is 2.49 bits per heavy atom. The monoisotopic (exact) mass is 489 g/mol. The van der Waals surface area contributed by atoms with Crippen LogP contribution < -0.4 is 5.32 Å². The van der Waals surface area contributed by atoms with Crippen molar-refractivity contribution in [1.29, 1.82) is 0 Å². The van der Waals surface area contributed by atoms with E-state index in [1.165, 1.54) is 4.80 Å². The van der Waals surface area contributed by atoms with Crippen molar-refractivity contribution in [3.8, 4) is 11.4 Å². The molecule has 1 amide bonds. The molecule has 2 aromatic heterocycles. The predicted octanol–water partition coefficient (Wildman–Crippen LogP) is 4.42. The number of phenols is 1. The van der Waals surface area contributed by atoms with Crippen molar-refractivity contribution < 1.29 is 14.7 Å². The van der Waals surface area contributed by atoms with Crippen molar-refractivity contribution in [2.45, 2.75) is 19.9 Å². The largest absolute Gasteiger partial charge is 0.505 e. The van der Waals surface area contributed by atoms with Gasteiger partial charge in [0.15, 0.2) is 5.78 Å². The van der Waals surface area contributed by atoms with E-state index in [1.807, 2.05) is 78.4 Å². The fraction of sp³-hybridized carbons (Fsp3) is 0.103. The number of rotatable bonds is 4. The number of fused-ring (bicyclic) bond motifs is 2. The molecule has 3 heterocycles. The lowest BCUT2D eigenvalue weighted by molar-refractivity contribution is -0.123. The smallest absolute Gasteiger partial charge is 0.259 e. The van der Waals surface area contributed by atoms with Crippen molar-refractivity contribution >= 4 is 39.7 Å². The third kappa shape index (κ3) is 3.98. The molecular weight excluding hydrogens is 466 g/mol. The van der Waals surface area contributed by atoms with Gasteiger partial charge in [0.1, 0.15) is 22.5 Å². The molecule has 0 bridgehead atoms. The number of nitrogens with zero attached hydrogens (tertiary/aromatic N) is 4. The van der Waals surface area contributed by atoms with Gasteiger partial charge in [-0.3, -0.25) is 9.59 Å². The molecule has 1 aliphatic heterocycles. The number of aromatic nitrogens is 4. The number of aromatic hydroxyl groups is 1. The van der Waals surface area contributed by atoms with Crippen LogP contribution in [0.3, 0.4) is 0 Å². The summed E-state index contributed by atoms with van der Waals surface area (Å²) in [6, 6.07) is 19.1. The number of hydrogen-bond donors (Lipinski definition) is 2. The van der Waals surface area contributed by atoms with Crippen LogP contribution in [-0.4, -0.2) is 36.4 Å². The Bertz CT molecular complexity index is 1740. The van der Waals surface area contributed by atoms with Crippen LogP contribution >= 0.6 is 0 Å². The fourth-order valence-corrected chi connectivity index (χ4v) is 4.77. The van der Waals surface area contributed by atoms with Crippen molar-refractivity contribution in [2.75, 3.05) is 0 Å². The van der Waals surface area contributed by atoms with Crippen molar-refractivity contribution in [3.05, 3.63) is 101 Å². The third-order valence-corrected chi connectivity index (χ3v) is 6.48. The van der Waals surface area contributed by atoms with E-state index in [2.05, 4.69) is 22.1 Å². The minimum Gasteiger partial charge on any atom is -0.505 e. The number of ketones is 1. The van der Waals surface area contributed by atoms with Crippen LogP contribution in [0.1, 0.15) is 23.1 Å². The number of Topliss-reactive ketones (excluding diaryl/α,β-unsaturated/α-hetero) is 1. The summed E-state index contributed by atoms with van der Waals surface area (Å²) in [6.07, 6.45) is 3.61. The van der Waals surface area contributed by atoms with E-state index in [0.717, 1.165) is 33.1 Å². The molecule has 6 rings (SSSR count). The van der Waals surface area contributed by atoms with Gasteiger partial charge in [-0.15, -0.1) is 15.0 Å². The van der Waals surface area contributed by atoms with Crippen LogP contribution in [0.15, 0.2) is 84.7 Å². The van der Waals surface area contributed by atoms with Gasteiger partial charge in [0.2, 0.25) is 0 Å². The maximum atomic E-state index is 12.5. The summed E-state index contributed by atoms with van der Waals surface area (Å²) in [4.78, 5) is 26.4. The molecule has 1 saturated heterocycles. The minimum atomic E-state index is -0.446. The number of phenolic OH excluding ortho intramolecular Hbond substituents is 1. The van der Waals surface area contributed by atoms with Gasteiger partial charge in [-0.25, -0.2) is 0 Å². The SMILES string of the molecule is C=C1CC(=O)/C(=C\c2cn(Cc3cc(C)cc(-n4nc5ccccc5n4)c3O)c3ccccc23)C(=O)N1. The molecule has 8 heteroatoms. The Kier molecular flexibility index (Phi) is 5.22. The highest BCUT2D eigenvalue weighted by Gasteiger charge is 2.25. The van der Waals surface area contributed by atoms with Crippen molar-refractivity contribution in [3.63, 3.8) is 0 Å². The first-order valence-electron chi connectivity index (χ1n) is 11.8. The summed E-state index contributed by atoms with van der Waals surface area (Å²) < 4.78 is 2.00. The number of benzene rings is 3. The third-order valence-electron chi connectivity index (χ3n) is 6.48.